The molecule has 0 fully saturated rings. The topological polar surface area (TPSA) is 52.6 Å². The van der Waals surface area contributed by atoms with Crippen LogP contribution in [-0.4, -0.2) is 21.2 Å². The maximum atomic E-state index is 11.7. The predicted molar refractivity (Wildman–Crippen MR) is 27.8 cm³/mol. The number of alkyl halides is 3. The van der Waals surface area contributed by atoms with E-state index < -0.39 is 23.2 Å². The molecule has 0 rings (SSSR count). The Morgan fingerprint density at radius 3 is 2.00 bits per heavy atom. The monoisotopic (exact) mass is 214 g/mol. The van der Waals surface area contributed by atoms with Gasteiger partial charge in [0.1, 0.15) is 0 Å². The largest absolute Gasteiger partial charge is 0.419 e. The van der Waals surface area contributed by atoms with E-state index in [1.54, 1.807) is 0 Å². The molecule has 0 aliphatic rings. The lowest BCUT2D eigenvalue weighted by Crippen LogP contribution is -2.20. The molecule has 1 atom stereocenters. The van der Waals surface area contributed by atoms with Crippen molar-refractivity contribution in [2.45, 2.75) is 12.8 Å². The first-order valence-electron chi connectivity index (χ1n) is 2.04. The van der Waals surface area contributed by atoms with E-state index in [1.807, 2.05) is 0 Å². The third-order valence-corrected chi connectivity index (χ3v) is 1.52. The molecule has 0 aliphatic carbocycles. The number of halogens is 4. The molecular formula is C2H2ClF3O4S. The van der Waals surface area contributed by atoms with Gasteiger partial charge in [0.05, 0.1) is 11.9 Å². The van der Waals surface area contributed by atoms with Gasteiger partial charge < -0.3 is 0 Å². The quantitative estimate of drug-likeness (QED) is 0.700. The fourth-order valence-corrected chi connectivity index (χ4v) is 0.597. The van der Waals surface area contributed by atoms with Crippen molar-refractivity contribution in [3.8, 4) is 0 Å². The Kier molecular flexibility index (Phi) is 4.08. The van der Waals surface area contributed by atoms with E-state index in [4.69, 9.17) is 0 Å². The van der Waals surface area contributed by atoms with E-state index in [1.165, 1.54) is 0 Å². The van der Waals surface area contributed by atoms with Gasteiger partial charge >= 0.3 is 10.4 Å². The summed E-state index contributed by atoms with van der Waals surface area (Å²) in [6.45, 7) is 0. The lowest BCUT2D eigenvalue weighted by molar-refractivity contribution is -0.0674. The average molecular weight is 215 g/mol. The Morgan fingerprint density at radius 1 is 1.27 bits per heavy atom. The van der Waals surface area contributed by atoms with Crippen molar-refractivity contribution >= 4 is 22.3 Å². The van der Waals surface area contributed by atoms with Crippen LogP contribution in [0.2, 0.25) is 0 Å². The highest BCUT2D eigenvalue weighted by molar-refractivity contribution is 7.82. The molecule has 68 valence electrons. The summed E-state index contributed by atoms with van der Waals surface area (Å²) in [4.78, 5) is 0. The zero-order chi connectivity index (χ0) is 9.07. The summed E-state index contributed by atoms with van der Waals surface area (Å²) in [7, 11) is -4.85. The molecule has 9 heteroatoms. The van der Waals surface area contributed by atoms with Crippen LogP contribution in [0.4, 0.5) is 13.2 Å². The van der Waals surface area contributed by atoms with Crippen molar-refractivity contribution in [1.29, 1.82) is 0 Å². The fourth-order valence-electron chi connectivity index (χ4n) is 0.169. The van der Waals surface area contributed by atoms with Gasteiger partial charge in [-0.2, -0.15) is 8.42 Å². The standard InChI is InChI=1S/C2H2ClF3O4S/c3-10-11(7,8)9-2(6)1(4)5/h1-2H. The maximum absolute atomic E-state index is 11.7. The first-order chi connectivity index (χ1) is 4.89. The zero-order valence-corrected chi connectivity index (χ0v) is 6.28. The van der Waals surface area contributed by atoms with Gasteiger partial charge in [-0.3, -0.25) is 0 Å². The molecule has 0 aromatic heterocycles. The van der Waals surface area contributed by atoms with Crippen LogP contribution in [0.5, 0.6) is 0 Å². The maximum Gasteiger partial charge on any atom is 0.419 e. The fraction of sp³-hybridized carbons (Fsp3) is 1.00. The molecule has 4 nitrogen and oxygen atoms in total. The van der Waals surface area contributed by atoms with Gasteiger partial charge in [-0.05, 0) is 0 Å². The minimum Gasteiger partial charge on any atom is -0.208 e. The molecule has 1 unspecified atom stereocenters. The molecule has 0 heterocycles. The van der Waals surface area contributed by atoms with E-state index in [0.717, 1.165) is 0 Å². The smallest absolute Gasteiger partial charge is 0.208 e. The SMILES string of the molecule is O=S(=O)(OCl)OC(F)C(F)F. The van der Waals surface area contributed by atoms with Crippen LogP contribution >= 0.6 is 11.9 Å². The summed E-state index contributed by atoms with van der Waals surface area (Å²) < 4.78 is 60.2. The van der Waals surface area contributed by atoms with Crippen LogP contribution in [0.15, 0.2) is 0 Å². The van der Waals surface area contributed by atoms with Crippen molar-refractivity contribution in [2.24, 2.45) is 0 Å². The Bertz CT molecular complexity index is 203. The van der Waals surface area contributed by atoms with Crippen LogP contribution in [0.1, 0.15) is 0 Å². The molecule has 0 saturated heterocycles. The van der Waals surface area contributed by atoms with Crippen LogP contribution in [0, 0.1) is 0 Å². The molecular weight excluding hydrogens is 213 g/mol. The second kappa shape index (κ2) is 4.10. The lowest BCUT2D eigenvalue weighted by Gasteiger charge is -2.04. The highest BCUT2D eigenvalue weighted by Gasteiger charge is 2.27. The van der Waals surface area contributed by atoms with Crippen molar-refractivity contribution in [3.63, 3.8) is 0 Å². The summed E-state index contributed by atoms with van der Waals surface area (Å²) >= 11 is 4.22. The van der Waals surface area contributed by atoms with Crippen molar-refractivity contribution < 1.29 is 29.5 Å². The Hall–Kier alpha value is -0.0500. The highest BCUT2D eigenvalue weighted by atomic mass is 35.5. The summed E-state index contributed by atoms with van der Waals surface area (Å²) in [5.74, 6) is 0. The third kappa shape index (κ3) is 4.40. The van der Waals surface area contributed by atoms with Gasteiger partial charge in [-0.25, -0.2) is 17.4 Å². The Balaban J connectivity index is 4.05. The number of rotatable bonds is 4. The molecule has 0 saturated carbocycles. The van der Waals surface area contributed by atoms with Gasteiger partial charge in [-0.1, -0.05) is 0 Å². The van der Waals surface area contributed by atoms with E-state index in [2.05, 4.69) is 19.8 Å². The minimum atomic E-state index is -4.85. The van der Waals surface area contributed by atoms with E-state index >= 15 is 0 Å². The van der Waals surface area contributed by atoms with Gasteiger partial charge in [0, 0.05) is 0 Å². The minimum absolute atomic E-state index is 3.01. The van der Waals surface area contributed by atoms with E-state index in [0.29, 0.717) is 0 Å². The zero-order valence-electron chi connectivity index (χ0n) is 4.71. The van der Waals surface area contributed by atoms with Gasteiger partial charge in [0.15, 0.2) is 0 Å². The lowest BCUT2D eigenvalue weighted by atomic mass is 10.7. The average Bonchev–Trinajstić information content (AvgIpc) is 1.87. The molecule has 0 spiro atoms. The summed E-state index contributed by atoms with van der Waals surface area (Å²) in [6, 6.07) is 0. The Labute approximate surface area is 65.3 Å². The van der Waals surface area contributed by atoms with Crippen molar-refractivity contribution in [1.82, 2.24) is 0 Å². The number of hydrogen-bond donors (Lipinski definition) is 0. The molecule has 0 aromatic rings. The third-order valence-electron chi connectivity index (χ3n) is 0.485. The summed E-state index contributed by atoms with van der Waals surface area (Å²) in [5.41, 5.74) is 0. The van der Waals surface area contributed by atoms with Crippen molar-refractivity contribution in [3.05, 3.63) is 0 Å². The predicted octanol–water partition coefficient (Wildman–Crippen LogP) is 0.979. The second-order valence-corrected chi connectivity index (χ2v) is 2.77. The summed E-state index contributed by atoms with van der Waals surface area (Å²) in [5, 5.41) is 0. The van der Waals surface area contributed by atoms with Crippen LogP contribution < -0.4 is 0 Å². The molecule has 0 N–H and O–H groups in total. The molecule has 0 radical (unpaired) electrons. The second-order valence-electron chi connectivity index (χ2n) is 1.25. The molecule has 0 bridgehead atoms. The summed E-state index contributed by atoms with van der Waals surface area (Å²) in [6.07, 6.45) is -6.84. The van der Waals surface area contributed by atoms with Crippen molar-refractivity contribution in [2.75, 3.05) is 0 Å². The number of hydrogen-bond acceptors (Lipinski definition) is 4. The van der Waals surface area contributed by atoms with E-state index in [9.17, 15) is 21.6 Å². The van der Waals surface area contributed by atoms with Crippen LogP contribution in [0.25, 0.3) is 0 Å². The first kappa shape index (κ1) is 11.0. The molecule has 11 heavy (non-hydrogen) atoms. The van der Waals surface area contributed by atoms with Gasteiger partial charge in [-0.15, -0.1) is 3.74 Å². The van der Waals surface area contributed by atoms with Gasteiger partial charge in [0.25, 0.3) is 12.8 Å². The van der Waals surface area contributed by atoms with Gasteiger partial charge in [0.2, 0.25) is 0 Å². The molecule has 0 amide bonds. The molecule has 0 aliphatic heterocycles. The van der Waals surface area contributed by atoms with Crippen LogP contribution in [-0.2, 0) is 18.3 Å². The molecule has 0 aromatic carbocycles. The first-order valence-corrected chi connectivity index (χ1v) is 3.69. The van der Waals surface area contributed by atoms with Crippen LogP contribution in [0.3, 0.4) is 0 Å². The van der Waals surface area contributed by atoms with E-state index in [-0.39, 0.29) is 0 Å². The normalized spacial score (nSPS) is 15.4. The Morgan fingerprint density at radius 2 is 1.73 bits per heavy atom. The highest BCUT2D eigenvalue weighted by Crippen LogP contribution is 2.11.